The van der Waals surface area contributed by atoms with Gasteiger partial charge in [0.25, 0.3) is 0 Å². The van der Waals surface area contributed by atoms with Crippen LogP contribution in [0.4, 0.5) is 17.6 Å². The highest BCUT2D eigenvalue weighted by atomic mass is 35.5. The average molecular weight is 255 g/mol. The number of carbonyl (C=O) groups excluding carboxylic acids is 1. The molecule has 16 heavy (non-hydrogen) atoms. The number of halogens is 5. The third kappa shape index (κ3) is 3.81. The van der Waals surface area contributed by atoms with Crippen molar-refractivity contribution >= 4 is 17.4 Å². The van der Waals surface area contributed by atoms with Crippen molar-refractivity contribution in [1.29, 1.82) is 0 Å². The number of carbonyl (C=O) groups is 1. The first kappa shape index (κ1) is 13.0. The molecule has 0 heterocycles. The first-order valence-electron chi connectivity index (χ1n) is 4.31. The third-order valence-corrected chi connectivity index (χ3v) is 2.24. The summed E-state index contributed by atoms with van der Waals surface area (Å²) in [6.07, 6.45) is -6.59. The number of hydrogen-bond donors (Lipinski definition) is 0. The highest BCUT2D eigenvalue weighted by Crippen LogP contribution is 2.24. The summed E-state index contributed by atoms with van der Waals surface area (Å²) in [4.78, 5) is 11.0. The summed E-state index contributed by atoms with van der Waals surface area (Å²) < 4.78 is 48.5. The Morgan fingerprint density at radius 2 is 1.94 bits per heavy atom. The molecular formula is C10H7ClF4O. The van der Waals surface area contributed by atoms with Crippen molar-refractivity contribution in [2.75, 3.05) is 0 Å². The maximum absolute atomic E-state index is 12.9. The van der Waals surface area contributed by atoms with Gasteiger partial charge in [-0.05, 0) is 11.6 Å². The first-order valence-corrected chi connectivity index (χ1v) is 4.69. The standard InChI is InChI=1S/C10H7ClF4O/c11-9-6(2-1-3-8(9)12)4-7(16)5-10(13,14)15/h1-3H,4-5H2. The van der Waals surface area contributed by atoms with Crippen molar-refractivity contribution in [3.63, 3.8) is 0 Å². The summed E-state index contributed by atoms with van der Waals surface area (Å²) in [5, 5.41) is -0.307. The number of ketones is 1. The van der Waals surface area contributed by atoms with Crippen molar-refractivity contribution < 1.29 is 22.4 Å². The topological polar surface area (TPSA) is 17.1 Å². The number of benzene rings is 1. The second-order valence-electron chi connectivity index (χ2n) is 3.22. The highest BCUT2D eigenvalue weighted by molar-refractivity contribution is 6.31. The summed E-state index contributed by atoms with van der Waals surface area (Å²) in [5.41, 5.74) is 0.0657. The molecule has 1 aromatic rings. The minimum atomic E-state index is -4.54. The lowest BCUT2D eigenvalue weighted by molar-refractivity contribution is -0.151. The van der Waals surface area contributed by atoms with Gasteiger partial charge in [-0.3, -0.25) is 4.79 Å². The van der Waals surface area contributed by atoms with Gasteiger partial charge in [-0.25, -0.2) is 4.39 Å². The van der Waals surface area contributed by atoms with E-state index >= 15 is 0 Å². The largest absolute Gasteiger partial charge is 0.395 e. The van der Waals surface area contributed by atoms with Crippen LogP contribution in [0.5, 0.6) is 0 Å². The molecule has 0 radical (unpaired) electrons. The molecule has 0 amide bonds. The molecule has 0 aliphatic rings. The van der Waals surface area contributed by atoms with Crippen LogP contribution < -0.4 is 0 Å². The Labute approximate surface area is 94.0 Å². The molecule has 0 aliphatic heterocycles. The molecule has 1 rings (SSSR count). The molecule has 0 aromatic heterocycles. The van der Waals surface area contributed by atoms with Gasteiger partial charge in [-0.2, -0.15) is 13.2 Å². The Kier molecular flexibility index (Phi) is 3.91. The summed E-state index contributed by atoms with van der Waals surface area (Å²) in [5.74, 6) is -1.79. The van der Waals surface area contributed by atoms with Crippen molar-refractivity contribution in [1.82, 2.24) is 0 Å². The molecule has 0 atom stereocenters. The van der Waals surface area contributed by atoms with Gasteiger partial charge in [0, 0.05) is 6.42 Å². The van der Waals surface area contributed by atoms with E-state index in [1.165, 1.54) is 12.1 Å². The molecular weight excluding hydrogens is 248 g/mol. The monoisotopic (exact) mass is 254 g/mol. The van der Waals surface area contributed by atoms with E-state index in [2.05, 4.69) is 0 Å². The van der Waals surface area contributed by atoms with E-state index < -0.39 is 30.6 Å². The van der Waals surface area contributed by atoms with Crippen LogP contribution in [-0.4, -0.2) is 12.0 Å². The Balaban J connectivity index is 2.74. The van der Waals surface area contributed by atoms with E-state index in [1.807, 2.05) is 0 Å². The van der Waals surface area contributed by atoms with Crippen LogP contribution in [-0.2, 0) is 11.2 Å². The SMILES string of the molecule is O=C(Cc1cccc(F)c1Cl)CC(F)(F)F. The number of Topliss-reactive ketones (excluding diaryl/α,β-unsaturated/α-hetero) is 1. The van der Waals surface area contributed by atoms with Gasteiger partial charge in [0.15, 0.2) is 0 Å². The van der Waals surface area contributed by atoms with Crippen molar-refractivity contribution in [3.05, 3.63) is 34.6 Å². The van der Waals surface area contributed by atoms with E-state index in [0.29, 0.717) is 0 Å². The predicted octanol–water partition coefficient (Wildman–Crippen LogP) is 3.54. The summed E-state index contributed by atoms with van der Waals surface area (Å²) >= 11 is 5.50. The fourth-order valence-corrected chi connectivity index (χ4v) is 1.38. The molecule has 0 N–H and O–H groups in total. The third-order valence-electron chi connectivity index (χ3n) is 1.82. The van der Waals surface area contributed by atoms with Gasteiger partial charge in [-0.15, -0.1) is 0 Å². The lowest BCUT2D eigenvalue weighted by Gasteiger charge is -2.06. The van der Waals surface area contributed by atoms with Gasteiger partial charge in [0.1, 0.15) is 18.0 Å². The summed E-state index contributed by atoms with van der Waals surface area (Å²) in [6, 6.07) is 3.68. The minimum absolute atomic E-state index is 0.0657. The Hall–Kier alpha value is -1.10. The molecule has 88 valence electrons. The average Bonchev–Trinajstić information content (AvgIpc) is 2.09. The Morgan fingerprint density at radius 3 is 2.50 bits per heavy atom. The van der Waals surface area contributed by atoms with Gasteiger partial charge in [0.05, 0.1) is 5.02 Å². The van der Waals surface area contributed by atoms with Crippen LogP contribution >= 0.6 is 11.6 Å². The normalized spacial score (nSPS) is 11.6. The van der Waals surface area contributed by atoms with Crippen molar-refractivity contribution in [2.45, 2.75) is 19.0 Å². The van der Waals surface area contributed by atoms with Crippen LogP contribution in [0.25, 0.3) is 0 Å². The van der Waals surface area contributed by atoms with Gasteiger partial charge in [-0.1, -0.05) is 23.7 Å². The number of rotatable bonds is 3. The second kappa shape index (κ2) is 4.82. The maximum atomic E-state index is 12.9. The van der Waals surface area contributed by atoms with Gasteiger partial charge in [0.2, 0.25) is 0 Å². The molecule has 0 aliphatic carbocycles. The molecule has 1 nitrogen and oxygen atoms in total. The molecule has 0 saturated heterocycles. The molecule has 0 spiro atoms. The molecule has 0 saturated carbocycles. The van der Waals surface area contributed by atoms with Crippen molar-refractivity contribution in [3.8, 4) is 0 Å². The van der Waals surface area contributed by atoms with Gasteiger partial charge >= 0.3 is 6.18 Å². The van der Waals surface area contributed by atoms with E-state index in [-0.39, 0.29) is 10.6 Å². The minimum Gasteiger partial charge on any atom is -0.299 e. The smallest absolute Gasteiger partial charge is 0.299 e. The van der Waals surface area contributed by atoms with Crippen LogP contribution in [0.3, 0.4) is 0 Å². The van der Waals surface area contributed by atoms with E-state index in [4.69, 9.17) is 11.6 Å². The lowest BCUT2D eigenvalue weighted by atomic mass is 10.1. The Bertz CT molecular complexity index is 400. The zero-order chi connectivity index (χ0) is 12.3. The predicted molar refractivity (Wildman–Crippen MR) is 50.8 cm³/mol. The lowest BCUT2D eigenvalue weighted by Crippen LogP contribution is -2.16. The fourth-order valence-electron chi connectivity index (χ4n) is 1.18. The van der Waals surface area contributed by atoms with E-state index in [0.717, 1.165) is 6.07 Å². The molecule has 1 aromatic carbocycles. The van der Waals surface area contributed by atoms with Crippen LogP contribution in [0, 0.1) is 5.82 Å². The van der Waals surface area contributed by atoms with E-state index in [1.54, 1.807) is 0 Å². The highest BCUT2D eigenvalue weighted by Gasteiger charge is 2.31. The second-order valence-corrected chi connectivity index (χ2v) is 3.60. The van der Waals surface area contributed by atoms with Crippen LogP contribution in [0.1, 0.15) is 12.0 Å². The fraction of sp³-hybridized carbons (Fsp3) is 0.300. The first-order chi connectivity index (χ1) is 7.29. The quantitative estimate of drug-likeness (QED) is 0.754. The van der Waals surface area contributed by atoms with Crippen molar-refractivity contribution in [2.24, 2.45) is 0 Å². The summed E-state index contributed by atoms with van der Waals surface area (Å²) in [6.45, 7) is 0. The Morgan fingerprint density at radius 1 is 1.31 bits per heavy atom. The van der Waals surface area contributed by atoms with Crippen LogP contribution in [0.15, 0.2) is 18.2 Å². The summed E-state index contributed by atoms with van der Waals surface area (Å²) in [7, 11) is 0. The number of alkyl halides is 3. The zero-order valence-electron chi connectivity index (χ0n) is 7.94. The molecule has 0 fully saturated rings. The molecule has 0 unspecified atom stereocenters. The van der Waals surface area contributed by atoms with Gasteiger partial charge < -0.3 is 0 Å². The van der Waals surface area contributed by atoms with Crippen LogP contribution in [0.2, 0.25) is 5.02 Å². The number of hydrogen-bond acceptors (Lipinski definition) is 1. The van der Waals surface area contributed by atoms with E-state index in [9.17, 15) is 22.4 Å². The molecule has 0 bridgehead atoms. The maximum Gasteiger partial charge on any atom is 0.395 e. The molecule has 6 heteroatoms. The zero-order valence-corrected chi connectivity index (χ0v) is 8.70.